The first kappa shape index (κ1) is 34.3. The van der Waals surface area contributed by atoms with Crippen LogP contribution in [0.25, 0.3) is 106 Å². The Labute approximate surface area is 342 Å². The standard InChI is InChI=1S/C55H36N4/c1-4-14-37(15-5-1)39-26-28-41(29-27-39)44-19-12-20-45(36-44)54-56-53(43-32-30-40(31-33-43)38-16-6-2-7-17-38)57-55(58-54)49-24-13-25-50-51(49)48-35-34-42-18-10-11-23-47(42)52(48)59(50)46-21-8-3-9-22-46/h1-36H. The van der Waals surface area contributed by atoms with Crippen molar-refractivity contribution in [1.29, 1.82) is 0 Å². The molecule has 0 aliphatic heterocycles. The van der Waals surface area contributed by atoms with E-state index >= 15 is 0 Å². The SMILES string of the molecule is c1ccc(-c2ccc(-c3cccc(-c4nc(-c5ccc(-c6ccccc6)cc5)nc(-c5cccc6c5c5ccc7ccccc7c5n6-c5ccccc5)n4)c3)cc2)cc1. The zero-order chi connectivity index (χ0) is 39.1. The lowest BCUT2D eigenvalue weighted by molar-refractivity contribution is 1.08. The van der Waals surface area contributed by atoms with Gasteiger partial charge in [-0.3, -0.25) is 0 Å². The number of aromatic nitrogens is 4. The summed E-state index contributed by atoms with van der Waals surface area (Å²) in [5, 5.41) is 4.64. The predicted octanol–water partition coefficient (Wildman–Crippen LogP) is 14.1. The average Bonchev–Trinajstić information content (AvgIpc) is 3.68. The number of para-hydroxylation sites is 1. The number of hydrogen-bond acceptors (Lipinski definition) is 3. The molecule has 0 spiro atoms. The van der Waals surface area contributed by atoms with Crippen LogP contribution in [0.3, 0.4) is 0 Å². The molecular weight excluding hydrogens is 717 g/mol. The third kappa shape index (κ3) is 6.24. The lowest BCUT2D eigenvalue weighted by atomic mass is 9.99. The first-order chi connectivity index (χ1) is 29.2. The zero-order valence-corrected chi connectivity index (χ0v) is 32.1. The molecule has 0 aliphatic carbocycles. The summed E-state index contributed by atoms with van der Waals surface area (Å²) in [7, 11) is 0. The summed E-state index contributed by atoms with van der Waals surface area (Å²) < 4.78 is 2.38. The highest BCUT2D eigenvalue weighted by molar-refractivity contribution is 6.22. The smallest absolute Gasteiger partial charge is 0.164 e. The van der Waals surface area contributed by atoms with E-state index < -0.39 is 0 Å². The maximum Gasteiger partial charge on any atom is 0.164 e. The fourth-order valence-electron chi connectivity index (χ4n) is 8.38. The third-order valence-electron chi connectivity index (χ3n) is 11.3. The Morgan fingerprint density at radius 2 is 0.797 bits per heavy atom. The van der Waals surface area contributed by atoms with Gasteiger partial charge in [0.05, 0.1) is 11.0 Å². The Morgan fingerprint density at radius 3 is 1.47 bits per heavy atom. The normalized spacial score (nSPS) is 11.4. The summed E-state index contributed by atoms with van der Waals surface area (Å²) in [4.78, 5) is 15.8. The summed E-state index contributed by atoms with van der Waals surface area (Å²) in [6, 6.07) is 76.9. The van der Waals surface area contributed by atoms with E-state index in [4.69, 9.17) is 15.0 Å². The molecule has 0 N–H and O–H groups in total. The molecule has 276 valence electrons. The van der Waals surface area contributed by atoms with Gasteiger partial charge in [0.25, 0.3) is 0 Å². The molecule has 0 bridgehead atoms. The molecule has 2 heterocycles. The van der Waals surface area contributed by atoms with Gasteiger partial charge in [-0.15, -0.1) is 0 Å². The highest BCUT2D eigenvalue weighted by Crippen LogP contribution is 2.41. The predicted molar refractivity (Wildman–Crippen MR) is 244 cm³/mol. The molecule has 0 radical (unpaired) electrons. The van der Waals surface area contributed by atoms with Gasteiger partial charge in [-0.2, -0.15) is 0 Å². The van der Waals surface area contributed by atoms with E-state index in [1.807, 2.05) is 12.1 Å². The molecule has 9 aromatic carbocycles. The molecule has 0 amide bonds. The molecule has 0 aliphatic rings. The van der Waals surface area contributed by atoms with Gasteiger partial charge >= 0.3 is 0 Å². The molecule has 4 nitrogen and oxygen atoms in total. The number of benzene rings is 9. The summed E-state index contributed by atoms with van der Waals surface area (Å²) in [5.74, 6) is 1.87. The molecule has 0 fully saturated rings. The second-order valence-electron chi connectivity index (χ2n) is 14.8. The average molecular weight is 753 g/mol. The fraction of sp³-hybridized carbons (Fsp3) is 0. The second kappa shape index (κ2) is 14.5. The van der Waals surface area contributed by atoms with Crippen molar-refractivity contribution in [3.05, 3.63) is 218 Å². The number of hydrogen-bond donors (Lipinski definition) is 0. The molecule has 0 atom stereocenters. The highest BCUT2D eigenvalue weighted by Gasteiger charge is 2.21. The van der Waals surface area contributed by atoms with Gasteiger partial charge in [0.1, 0.15) is 0 Å². The molecule has 0 saturated heterocycles. The minimum absolute atomic E-state index is 0.620. The first-order valence-electron chi connectivity index (χ1n) is 19.9. The monoisotopic (exact) mass is 752 g/mol. The van der Waals surface area contributed by atoms with Crippen LogP contribution in [0.4, 0.5) is 0 Å². The van der Waals surface area contributed by atoms with Crippen LogP contribution in [0.5, 0.6) is 0 Å². The molecule has 2 aromatic heterocycles. The van der Waals surface area contributed by atoms with E-state index in [9.17, 15) is 0 Å². The van der Waals surface area contributed by atoms with E-state index in [0.29, 0.717) is 17.5 Å². The molecule has 0 unspecified atom stereocenters. The Kier molecular flexibility index (Phi) is 8.45. The Bertz CT molecular complexity index is 3280. The van der Waals surface area contributed by atoms with Crippen LogP contribution in [0.1, 0.15) is 0 Å². The van der Waals surface area contributed by atoms with Gasteiger partial charge in [-0.25, -0.2) is 15.0 Å². The van der Waals surface area contributed by atoms with Crippen LogP contribution in [0, 0.1) is 0 Å². The lowest BCUT2D eigenvalue weighted by Gasteiger charge is -2.12. The van der Waals surface area contributed by atoms with Crippen molar-refractivity contribution >= 4 is 32.6 Å². The third-order valence-corrected chi connectivity index (χ3v) is 11.3. The van der Waals surface area contributed by atoms with E-state index in [2.05, 4.69) is 211 Å². The van der Waals surface area contributed by atoms with E-state index in [1.165, 1.54) is 27.5 Å². The maximum atomic E-state index is 5.32. The van der Waals surface area contributed by atoms with Gasteiger partial charge < -0.3 is 4.57 Å². The molecule has 4 heteroatoms. The van der Waals surface area contributed by atoms with Gasteiger partial charge in [-0.1, -0.05) is 194 Å². The first-order valence-corrected chi connectivity index (χ1v) is 19.9. The van der Waals surface area contributed by atoms with Crippen molar-refractivity contribution in [1.82, 2.24) is 19.5 Å². The van der Waals surface area contributed by atoms with Gasteiger partial charge in [0.15, 0.2) is 17.5 Å². The molecule has 59 heavy (non-hydrogen) atoms. The van der Waals surface area contributed by atoms with Crippen LogP contribution in [-0.4, -0.2) is 19.5 Å². The van der Waals surface area contributed by atoms with Crippen molar-refractivity contribution in [3.8, 4) is 73.2 Å². The summed E-state index contributed by atoms with van der Waals surface area (Å²) in [6.07, 6.45) is 0. The highest BCUT2D eigenvalue weighted by atomic mass is 15.0. The molecular formula is C55H36N4. The molecule has 11 rings (SSSR count). The van der Waals surface area contributed by atoms with Gasteiger partial charge in [-0.05, 0) is 63.0 Å². The zero-order valence-electron chi connectivity index (χ0n) is 32.1. The fourth-order valence-corrected chi connectivity index (χ4v) is 8.38. The van der Waals surface area contributed by atoms with E-state index in [0.717, 1.165) is 60.9 Å². The summed E-state index contributed by atoms with van der Waals surface area (Å²) >= 11 is 0. The number of rotatable bonds is 7. The largest absolute Gasteiger partial charge is 0.309 e. The van der Waals surface area contributed by atoms with Gasteiger partial charge in [0, 0.05) is 38.5 Å². The van der Waals surface area contributed by atoms with Crippen LogP contribution < -0.4 is 0 Å². The van der Waals surface area contributed by atoms with Crippen LogP contribution in [-0.2, 0) is 0 Å². The van der Waals surface area contributed by atoms with Crippen molar-refractivity contribution in [3.63, 3.8) is 0 Å². The lowest BCUT2D eigenvalue weighted by Crippen LogP contribution is -2.01. The maximum absolute atomic E-state index is 5.32. The molecule has 11 aromatic rings. The van der Waals surface area contributed by atoms with E-state index in [-0.39, 0.29) is 0 Å². The van der Waals surface area contributed by atoms with Crippen molar-refractivity contribution < 1.29 is 0 Å². The Balaban J connectivity index is 1.11. The number of nitrogens with zero attached hydrogens (tertiary/aromatic N) is 4. The minimum atomic E-state index is 0.620. The van der Waals surface area contributed by atoms with Crippen LogP contribution >= 0.6 is 0 Å². The Morgan fingerprint density at radius 1 is 0.305 bits per heavy atom. The van der Waals surface area contributed by atoms with Crippen LogP contribution in [0.2, 0.25) is 0 Å². The number of fused-ring (bicyclic) bond motifs is 5. The molecule has 0 saturated carbocycles. The topological polar surface area (TPSA) is 43.6 Å². The summed E-state index contributed by atoms with van der Waals surface area (Å²) in [6.45, 7) is 0. The second-order valence-corrected chi connectivity index (χ2v) is 14.8. The Hall–Kier alpha value is -7.95. The van der Waals surface area contributed by atoms with Crippen molar-refractivity contribution in [2.75, 3.05) is 0 Å². The minimum Gasteiger partial charge on any atom is -0.309 e. The quantitative estimate of drug-likeness (QED) is 0.163. The van der Waals surface area contributed by atoms with E-state index in [1.54, 1.807) is 0 Å². The summed E-state index contributed by atoms with van der Waals surface area (Å²) in [5.41, 5.74) is 13.1. The van der Waals surface area contributed by atoms with Crippen molar-refractivity contribution in [2.24, 2.45) is 0 Å². The van der Waals surface area contributed by atoms with Gasteiger partial charge in [0.2, 0.25) is 0 Å². The van der Waals surface area contributed by atoms with Crippen LogP contribution in [0.15, 0.2) is 218 Å². The van der Waals surface area contributed by atoms with Crippen molar-refractivity contribution in [2.45, 2.75) is 0 Å².